The van der Waals surface area contributed by atoms with Gasteiger partial charge in [0.1, 0.15) is 0 Å². The zero-order valence-corrected chi connectivity index (χ0v) is 14.5. The molecule has 2 heterocycles. The van der Waals surface area contributed by atoms with Crippen LogP contribution in [0.4, 0.5) is 0 Å². The van der Waals surface area contributed by atoms with Crippen molar-refractivity contribution in [2.45, 2.75) is 45.3 Å². The number of rotatable bonds is 7. The summed E-state index contributed by atoms with van der Waals surface area (Å²) in [5.41, 5.74) is 0. The molecule has 0 N–H and O–H groups in total. The number of thioether (sulfide) groups is 1. The molecule has 1 aliphatic rings. The highest BCUT2D eigenvalue weighted by atomic mass is 32.2. The fourth-order valence-corrected chi connectivity index (χ4v) is 5.42. The Kier molecular flexibility index (Phi) is 5.71. The van der Waals surface area contributed by atoms with Crippen molar-refractivity contribution in [2.24, 2.45) is 17.8 Å². The smallest absolute Gasteiger partial charge is 0.276 e. The minimum Gasteiger partial charge on any atom is -0.416 e. The van der Waals surface area contributed by atoms with Crippen molar-refractivity contribution in [1.29, 1.82) is 0 Å². The van der Waals surface area contributed by atoms with Gasteiger partial charge in [0.05, 0.1) is 11.5 Å². The molecule has 0 aliphatic carbocycles. The van der Waals surface area contributed by atoms with E-state index in [-0.39, 0.29) is 11.7 Å². The Balaban J connectivity index is 1.79. The normalized spacial score (nSPS) is 22.8. The van der Waals surface area contributed by atoms with E-state index < -0.39 is 9.84 Å². The SMILES string of the molecule is CC(C)C[C@@H](C)CSc1nnc(C[C@H]2CCS(=O)(=O)C2)o1. The molecule has 2 atom stereocenters. The molecule has 7 heteroatoms. The fourth-order valence-electron chi connectivity index (χ4n) is 2.75. The van der Waals surface area contributed by atoms with Crippen LogP contribution >= 0.6 is 11.8 Å². The summed E-state index contributed by atoms with van der Waals surface area (Å²) in [6, 6.07) is 0. The first-order chi connectivity index (χ1) is 9.84. The molecule has 0 unspecified atom stereocenters. The Morgan fingerprint density at radius 1 is 1.33 bits per heavy atom. The lowest BCUT2D eigenvalue weighted by Crippen LogP contribution is -2.07. The van der Waals surface area contributed by atoms with Crippen LogP contribution in [0.15, 0.2) is 9.64 Å². The van der Waals surface area contributed by atoms with E-state index in [1.165, 1.54) is 6.42 Å². The third-order valence-electron chi connectivity index (χ3n) is 3.60. The third kappa shape index (κ3) is 5.62. The van der Waals surface area contributed by atoms with Crippen LogP contribution in [0.2, 0.25) is 0 Å². The maximum absolute atomic E-state index is 11.4. The molecule has 1 aromatic rings. The van der Waals surface area contributed by atoms with E-state index >= 15 is 0 Å². The van der Waals surface area contributed by atoms with Crippen LogP contribution in [0.5, 0.6) is 0 Å². The summed E-state index contributed by atoms with van der Waals surface area (Å²) in [6.45, 7) is 6.68. The first-order valence-electron chi connectivity index (χ1n) is 7.49. The van der Waals surface area contributed by atoms with Gasteiger partial charge in [-0.25, -0.2) is 8.42 Å². The van der Waals surface area contributed by atoms with Crippen LogP contribution in [0.1, 0.15) is 39.5 Å². The molecular formula is C14H24N2O3S2. The van der Waals surface area contributed by atoms with Gasteiger partial charge in [-0.15, -0.1) is 10.2 Å². The highest BCUT2D eigenvalue weighted by Gasteiger charge is 2.29. The van der Waals surface area contributed by atoms with Crippen LogP contribution in [0.25, 0.3) is 0 Å². The summed E-state index contributed by atoms with van der Waals surface area (Å²) < 4.78 is 28.5. The summed E-state index contributed by atoms with van der Waals surface area (Å²) in [5, 5.41) is 8.68. The molecule has 2 rings (SSSR count). The first kappa shape index (κ1) is 16.8. The van der Waals surface area contributed by atoms with Crippen LogP contribution in [-0.4, -0.2) is 35.9 Å². The van der Waals surface area contributed by atoms with Gasteiger partial charge in [0.25, 0.3) is 5.22 Å². The van der Waals surface area contributed by atoms with Gasteiger partial charge in [0.2, 0.25) is 5.89 Å². The minimum absolute atomic E-state index is 0.133. The number of nitrogens with zero attached hydrogens (tertiary/aromatic N) is 2. The van der Waals surface area contributed by atoms with Crippen LogP contribution in [0.3, 0.4) is 0 Å². The second-order valence-electron chi connectivity index (χ2n) is 6.48. The Labute approximate surface area is 131 Å². The van der Waals surface area contributed by atoms with E-state index in [9.17, 15) is 8.42 Å². The summed E-state index contributed by atoms with van der Waals surface area (Å²) in [7, 11) is -2.84. The van der Waals surface area contributed by atoms with Crippen molar-refractivity contribution in [3.8, 4) is 0 Å². The summed E-state index contributed by atoms with van der Waals surface area (Å²) in [5.74, 6) is 3.53. The maximum Gasteiger partial charge on any atom is 0.276 e. The van der Waals surface area contributed by atoms with Gasteiger partial charge >= 0.3 is 0 Å². The summed E-state index contributed by atoms with van der Waals surface area (Å²) in [6.07, 6.45) is 2.47. The van der Waals surface area contributed by atoms with Crippen LogP contribution in [0, 0.1) is 17.8 Å². The van der Waals surface area contributed by atoms with Gasteiger partial charge in [-0.1, -0.05) is 32.5 Å². The van der Waals surface area contributed by atoms with Gasteiger partial charge in [0.15, 0.2) is 9.84 Å². The van der Waals surface area contributed by atoms with Crippen LogP contribution < -0.4 is 0 Å². The fraction of sp³-hybridized carbons (Fsp3) is 0.857. The first-order valence-corrected chi connectivity index (χ1v) is 10.3. The zero-order valence-electron chi connectivity index (χ0n) is 12.9. The van der Waals surface area contributed by atoms with Crippen molar-refractivity contribution in [2.75, 3.05) is 17.3 Å². The molecule has 0 bridgehead atoms. The lowest BCUT2D eigenvalue weighted by atomic mass is 10.0. The number of aromatic nitrogens is 2. The van der Waals surface area contributed by atoms with E-state index in [2.05, 4.69) is 31.0 Å². The molecule has 0 amide bonds. The maximum atomic E-state index is 11.4. The second kappa shape index (κ2) is 7.13. The molecular weight excluding hydrogens is 308 g/mol. The van der Waals surface area contributed by atoms with Gasteiger partial charge in [-0.05, 0) is 30.6 Å². The van der Waals surface area contributed by atoms with Crippen molar-refractivity contribution in [3.63, 3.8) is 0 Å². The van der Waals surface area contributed by atoms with E-state index in [0.29, 0.717) is 41.5 Å². The van der Waals surface area contributed by atoms with E-state index in [4.69, 9.17) is 4.42 Å². The van der Waals surface area contributed by atoms with Crippen molar-refractivity contribution < 1.29 is 12.8 Å². The molecule has 0 saturated carbocycles. The quantitative estimate of drug-likeness (QED) is 0.715. The highest BCUT2D eigenvalue weighted by molar-refractivity contribution is 7.99. The van der Waals surface area contributed by atoms with Gasteiger partial charge < -0.3 is 4.42 Å². The Morgan fingerprint density at radius 3 is 2.71 bits per heavy atom. The molecule has 120 valence electrons. The zero-order chi connectivity index (χ0) is 15.5. The number of hydrogen-bond donors (Lipinski definition) is 0. The molecule has 1 aromatic heterocycles. The number of hydrogen-bond acceptors (Lipinski definition) is 6. The predicted octanol–water partition coefficient (Wildman–Crippen LogP) is 2.82. The molecule has 1 saturated heterocycles. The van der Waals surface area contributed by atoms with E-state index in [0.717, 1.165) is 5.75 Å². The molecule has 21 heavy (non-hydrogen) atoms. The predicted molar refractivity (Wildman–Crippen MR) is 84.1 cm³/mol. The Morgan fingerprint density at radius 2 is 2.10 bits per heavy atom. The van der Waals surface area contributed by atoms with Crippen LogP contribution in [-0.2, 0) is 16.3 Å². The third-order valence-corrected chi connectivity index (χ3v) is 6.59. The van der Waals surface area contributed by atoms with E-state index in [1.54, 1.807) is 11.8 Å². The van der Waals surface area contributed by atoms with Gasteiger partial charge in [-0.3, -0.25) is 0 Å². The highest BCUT2D eigenvalue weighted by Crippen LogP contribution is 2.25. The molecule has 0 aromatic carbocycles. The Hall–Kier alpha value is -0.560. The lowest BCUT2D eigenvalue weighted by molar-refractivity contribution is 0.388. The largest absolute Gasteiger partial charge is 0.416 e. The molecule has 5 nitrogen and oxygen atoms in total. The monoisotopic (exact) mass is 332 g/mol. The lowest BCUT2D eigenvalue weighted by Gasteiger charge is -2.11. The average Bonchev–Trinajstić information content (AvgIpc) is 2.93. The second-order valence-corrected chi connectivity index (χ2v) is 9.68. The molecule has 1 fully saturated rings. The van der Waals surface area contributed by atoms with Gasteiger partial charge in [-0.2, -0.15) is 0 Å². The van der Waals surface area contributed by atoms with Crippen molar-refractivity contribution in [3.05, 3.63) is 5.89 Å². The average molecular weight is 332 g/mol. The topological polar surface area (TPSA) is 73.1 Å². The molecule has 1 aliphatic heterocycles. The van der Waals surface area contributed by atoms with Crippen molar-refractivity contribution in [1.82, 2.24) is 10.2 Å². The van der Waals surface area contributed by atoms with Gasteiger partial charge in [0, 0.05) is 12.2 Å². The molecule has 0 spiro atoms. The van der Waals surface area contributed by atoms with E-state index in [1.807, 2.05) is 0 Å². The van der Waals surface area contributed by atoms with Crippen molar-refractivity contribution >= 4 is 21.6 Å². The Bertz CT molecular complexity index is 554. The summed E-state index contributed by atoms with van der Waals surface area (Å²) in [4.78, 5) is 0. The summed E-state index contributed by atoms with van der Waals surface area (Å²) >= 11 is 1.59. The standard InChI is InChI=1S/C14H24N2O3S2/c1-10(2)6-11(3)8-20-14-16-15-13(19-14)7-12-4-5-21(17,18)9-12/h10-12H,4-9H2,1-3H3/t11-,12-/m1/s1. The molecule has 0 radical (unpaired) electrons. The number of sulfone groups is 1. The minimum atomic E-state index is -2.84.